The van der Waals surface area contributed by atoms with E-state index in [1.807, 2.05) is 52.0 Å². The Bertz CT molecular complexity index is 733. The van der Waals surface area contributed by atoms with Crippen molar-refractivity contribution in [2.45, 2.75) is 53.0 Å². The summed E-state index contributed by atoms with van der Waals surface area (Å²) in [5, 5.41) is 13.2. The molecule has 2 atom stereocenters. The molecule has 0 aliphatic rings. The van der Waals surface area contributed by atoms with Crippen molar-refractivity contribution in [1.29, 1.82) is 0 Å². The van der Waals surface area contributed by atoms with Gasteiger partial charge in [-0.05, 0) is 24.0 Å². The first-order valence-corrected chi connectivity index (χ1v) is 9.42. The lowest BCUT2D eigenvalue weighted by Gasteiger charge is -2.31. The van der Waals surface area contributed by atoms with Gasteiger partial charge in [0.25, 0.3) is 0 Å². The number of hydrogen-bond acceptors (Lipinski definition) is 4. The summed E-state index contributed by atoms with van der Waals surface area (Å²) in [6, 6.07) is 7.41. The molecule has 0 aliphatic heterocycles. The van der Waals surface area contributed by atoms with Crippen LogP contribution in [0.25, 0.3) is 11.0 Å². The van der Waals surface area contributed by atoms with Crippen molar-refractivity contribution in [2.75, 3.05) is 6.54 Å². The SMILES string of the molecule is CCCC[C@H](CN(O)C=O)C(=O)N[C@H](c1nc2ccccc2[nH]1)C(C)(C)C. The van der Waals surface area contributed by atoms with Gasteiger partial charge in [0.1, 0.15) is 5.82 Å². The number of benzene rings is 1. The Balaban J connectivity index is 2.25. The Labute approximate surface area is 160 Å². The summed E-state index contributed by atoms with van der Waals surface area (Å²) in [7, 11) is 0. The minimum atomic E-state index is -0.477. The number of para-hydroxylation sites is 2. The fourth-order valence-electron chi connectivity index (χ4n) is 3.09. The van der Waals surface area contributed by atoms with Crippen molar-refractivity contribution in [3.63, 3.8) is 0 Å². The molecule has 0 radical (unpaired) electrons. The van der Waals surface area contributed by atoms with Crippen LogP contribution in [-0.4, -0.2) is 39.1 Å². The molecule has 0 bridgehead atoms. The third kappa shape index (κ3) is 5.53. The molecule has 3 N–H and O–H groups in total. The fraction of sp³-hybridized carbons (Fsp3) is 0.550. The van der Waals surface area contributed by atoms with Gasteiger partial charge in [0.2, 0.25) is 12.3 Å². The highest BCUT2D eigenvalue weighted by Crippen LogP contribution is 2.32. The third-order valence-corrected chi connectivity index (χ3v) is 4.64. The number of imidazole rings is 1. The highest BCUT2D eigenvalue weighted by molar-refractivity contribution is 5.80. The normalized spacial score (nSPS) is 14.0. The van der Waals surface area contributed by atoms with Gasteiger partial charge in [-0.25, -0.2) is 10.0 Å². The van der Waals surface area contributed by atoms with Crippen molar-refractivity contribution in [2.24, 2.45) is 11.3 Å². The summed E-state index contributed by atoms with van der Waals surface area (Å²) >= 11 is 0. The van der Waals surface area contributed by atoms with E-state index >= 15 is 0 Å². The Kier molecular flexibility index (Phi) is 6.96. The van der Waals surface area contributed by atoms with Crippen LogP contribution in [0.3, 0.4) is 0 Å². The molecule has 1 heterocycles. The van der Waals surface area contributed by atoms with E-state index in [1.165, 1.54) is 0 Å². The highest BCUT2D eigenvalue weighted by Gasteiger charge is 2.33. The highest BCUT2D eigenvalue weighted by atomic mass is 16.5. The molecule has 0 saturated carbocycles. The van der Waals surface area contributed by atoms with Crippen LogP contribution in [0.5, 0.6) is 0 Å². The van der Waals surface area contributed by atoms with Gasteiger partial charge in [0, 0.05) is 0 Å². The number of carbonyl (C=O) groups excluding carboxylic acids is 2. The molecule has 27 heavy (non-hydrogen) atoms. The number of unbranched alkanes of at least 4 members (excludes halogenated alkanes) is 1. The minimum Gasteiger partial charge on any atom is -0.345 e. The van der Waals surface area contributed by atoms with Crippen LogP contribution in [0.4, 0.5) is 0 Å². The fourth-order valence-corrected chi connectivity index (χ4v) is 3.09. The van der Waals surface area contributed by atoms with Gasteiger partial charge in [-0.2, -0.15) is 0 Å². The molecule has 2 amide bonds. The molecule has 7 heteroatoms. The molecule has 0 fully saturated rings. The maximum absolute atomic E-state index is 12.9. The molecule has 0 unspecified atom stereocenters. The molecule has 2 aromatic rings. The van der Waals surface area contributed by atoms with Crippen LogP contribution < -0.4 is 5.32 Å². The van der Waals surface area contributed by atoms with E-state index in [4.69, 9.17) is 0 Å². The van der Waals surface area contributed by atoms with E-state index < -0.39 is 5.92 Å². The summed E-state index contributed by atoms with van der Waals surface area (Å²) in [6.07, 6.45) is 2.70. The third-order valence-electron chi connectivity index (χ3n) is 4.64. The lowest BCUT2D eigenvalue weighted by Crippen LogP contribution is -2.43. The van der Waals surface area contributed by atoms with Gasteiger partial charge >= 0.3 is 0 Å². The second kappa shape index (κ2) is 8.99. The van der Waals surface area contributed by atoms with E-state index in [2.05, 4.69) is 15.3 Å². The monoisotopic (exact) mass is 374 g/mol. The van der Waals surface area contributed by atoms with Gasteiger partial charge in [-0.15, -0.1) is 0 Å². The Hall–Kier alpha value is -2.41. The van der Waals surface area contributed by atoms with Gasteiger partial charge < -0.3 is 10.3 Å². The summed E-state index contributed by atoms with van der Waals surface area (Å²) in [5.74, 6) is 0.0293. The first-order chi connectivity index (χ1) is 12.8. The van der Waals surface area contributed by atoms with Gasteiger partial charge in [-0.3, -0.25) is 14.8 Å². The van der Waals surface area contributed by atoms with Crippen molar-refractivity contribution in [3.8, 4) is 0 Å². The van der Waals surface area contributed by atoms with Crippen LogP contribution >= 0.6 is 0 Å². The minimum absolute atomic E-state index is 0.0215. The first-order valence-electron chi connectivity index (χ1n) is 9.42. The zero-order valence-electron chi connectivity index (χ0n) is 16.5. The van der Waals surface area contributed by atoms with Crippen LogP contribution in [-0.2, 0) is 9.59 Å². The van der Waals surface area contributed by atoms with Crippen LogP contribution in [0, 0.1) is 11.3 Å². The van der Waals surface area contributed by atoms with Crippen LogP contribution in [0.2, 0.25) is 0 Å². The molecule has 1 aromatic carbocycles. The van der Waals surface area contributed by atoms with E-state index in [1.54, 1.807) is 0 Å². The molecule has 0 saturated heterocycles. The number of aromatic nitrogens is 2. The Morgan fingerprint density at radius 2 is 2.07 bits per heavy atom. The van der Waals surface area contributed by atoms with Crippen molar-refractivity contribution >= 4 is 23.4 Å². The van der Waals surface area contributed by atoms with Crippen LogP contribution in [0.15, 0.2) is 24.3 Å². The number of H-pyrrole nitrogens is 1. The number of rotatable bonds is 9. The molecule has 0 spiro atoms. The summed E-state index contributed by atoms with van der Waals surface area (Å²) in [5.41, 5.74) is 1.49. The quantitative estimate of drug-likeness (QED) is 0.356. The number of nitrogens with one attached hydrogen (secondary N) is 2. The van der Waals surface area contributed by atoms with Gasteiger partial charge in [-0.1, -0.05) is 52.7 Å². The molecular weight excluding hydrogens is 344 g/mol. The maximum Gasteiger partial charge on any atom is 0.233 e. The lowest BCUT2D eigenvalue weighted by molar-refractivity contribution is -0.155. The van der Waals surface area contributed by atoms with Crippen LogP contribution in [0.1, 0.15) is 58.8 Å². The van der Waals surface area contributed by atoms with E-state index in [0.717, 1.165) is 23.9 Å². The number of aromatic amines is 1. The maximum atomic E-state index is 12.9. The average molecular weight is 374 g/mol. The van der Waals surface area contributed by atoms with Gasteiger partial charge in [0.05, 0.1) is 29.5 Å². The first kappa shape index (κ1) is 20.9. The summed E-state index contributed by atoms with van der Waals surface area (Å²) < 4.78 is 0. The van der Waals surface area contributed by atoms with E-state index in [-0.39, 0.29) is 23.9 Å². The number of carbonyl (C=O) groups is 2. The summed E-state index contributed by atoms with van der Waals surface area (Å²) in [6.45, 7) is 8.13. The molecule has 1 aromatic heterocycles. The smallest absolute Gasteiger partial charge is 0.233 e. The van der Waals surface area contributed by atoms with Gasteiger partial charge in [0.15, 0.2) is 0 Å². The molecule has 7 nitrogen and oxygen atoms in total. The van der Waals surface area contributed by atoms with Crippen molar-refractivity contribution in [1.82, 2.24) is 20.3 Å². The topological polar surface area (TPSA) is 98.3 Å². The van der Waals surface area contributed by atoms with E-state index in [0.29, 0.717) is 23.7 Å². The number of hydroxylamine groups is 2. The molecular formula is C20H30N4O3. The Morgan fingerprint density at radius 1 is 1.37 bits per heavy atom. The molecule has 148 valence electrons. The second-order valence-electron chi connectivity index (χ2n) is 8.01. The Morgan fingerprint density at radius 3 is 2.67 bits per heavy atom. The second-order valence-corrected chi connectivity index (χ2v) is 8.01. The number of nitrogens with zero attached hydrogens (tertiary/aromatic N) is 2. The number of fused-ring (bicyclic) bond motifs is 1. The average Bonchev–Trinajstić information content (AvgIpc) is 3.05. The zero-order valence-corrected chi connectivity index (χ0v) is 16.5. The molecule has 2 rings (SSSR count). The number of hydrogen-bond donors (Lipinski definition) is 3. The number of amides is 2. The van der Waals surface area contributed by atoms with Crippen molar-refractivity contribution < 1.29 is 14.8 Å². The largest absolute Gasteiger partial charge is 0.345 e. The molecule has 0 aliphatic carbocycles. The lowest BCUT2D eigenvalue weighted by atomic mass is 9.85. The van der Waals surface area contributed by atoms with Crippen molar-refractivity contribution in [3.05, 3.63) is 30.1 Å². The standard InChI is InChI=1S/C20H30N4O3/c1-5-6-9-14(12-24(27)13-25)19(26)23-17(20(2,3)4)18-21-15-10-7-8-11-16(15)22-18/h7-8,10-11,13-14,17,27H,5-6,9,12H2,1-4H3,(H,21,22)(H,23,26)/t14-,17-/m1/s1. The predicted octanol–water partition coefficient (Wildman–Crippen LogP) is 3.42. The zero-order chi connectivity index (χ0) is 20.0. The van der Waals surface area contributed by atoms with E-state index in [9.17, 15) is 14.8 Å². The summed E-state index contributed by atoms with van der Waals surface area (Å²) in [4.78, 5) is 31.7. The predicted molar refractivity (Wildman–Crippen MR) is 104 cm³/mol.